The van der Waals surface area contributed by atoms with Crippen LogP contribution in [0.5, 0.6) is 0 Å². The van der Waals surface area contributed by atoms with Crippen LogP contribution in [0.1, 0.15) is 11.4 Å². The molecule has 0 amide bonds. The molecule has 6 nitrogen and oxygen atoms in total. The van der Waals surface area contributed by atoms with Crippen LogP contribution in [-0.4, -0.2) is 25.4 Å². The van der Waals surface area contributed by atoms with Crippen molar-refractivity contribution in [2.45, 2.75) is 18.4 Å². The Bertz CT molecular complexity index is 664. The number of hydrogen-bond donors (Lipinski definition) is 3. The van der Waals surface area contributed by atoms with Crippen molar-refractivity contribution < 1.29 is 8.42 Å². The van der Waals surface area contributed by atoms with Crippen LogP contribution in [-0.2, 0) is 16.6 Å². The molecule has 1 aromatic heterocycles. The van der Waals surface area contributed by atoms with Crippen molar-refractivity contribution in [2.75, 3.05) is 12.4 Å². The molecule has 2 aromatic rings. The minimum absolute atomic E-state index is 0.235. The highest BCUT2D eigenvalue weighted by Gasteiger charge is 2.11. The van der Waals surface area contributed by atoms with Gasteiger partial charge in [0.2, 0.25) is 10.0 Å². The molecule has 0 saturated carbocycles. The number of sulfonamides is 1. The topological polar surface area (TPSA) is 86.9 Å². The molecule has 102 valence electrons. The normalized spacial score (nSPS) is 11.5. The van der Waals surface area contributed by atoms with Crippen LogP contribution in [0.2, 0.25) is 0 Å². The first-order chi connectivity index (χ1) is 9.03. The molecule has 0 unspecified atom stereocenters. The van der Waals surface area contributed by atoms with Gasteiger partial charge in [0.05, 0.1) is 23.5 Å². The highest BCUT2D eigenvalue weighted by molar-refractivity contribution is 7.89. The van der Waals surface area contributed by atoms with E-state index < -0.39 is 10.0 Å². The molecule has 0 spiro atoms. The smallest absolute Gasteiger partial charge is 0.240 e. The van der Waals surface area contributed by atoms with E-state index >= 15 is 0 Å². The predicted octanol–water partition coefficient (Wildman–Crippen LogP) is 1.24. The van der Waals surface area contributed by atoms with Crippen LogP contribution in [0, 0.1) is 6.92 Å². The van der Waals surface area contributed by atoms with Gasteiger partial charge < -0.3 is 10.3 Å². The lowest BCUT2D eigenvalue weighted by Gasteiger charge is -2.08. The summed E-state index contributed by atoms with van der Waals surface area (Å²) in [7, 11) is -2.02. The molecular formula is C12H16N4O2S. The summed E-state index contributed by atoms with van der Waals surface area (Å²) in [5, 5.41) is 3.15. The van der Waals surface area contributed by atoms with Gasteiger partial charge in [0, 0.05) is 11.4 Å². The second-order valence-electron chi connectivity index (χ2n) is 4.06. The van der Waals surface area contributed by atoms with Gasteiger partial charge in [0.15, 0.2) is 0 Å². The maximum absolute atomic E-state index is 11.7. The second kappa shape index (κ2) is 5.41. The Morgan fingerprint density at radius 3 is 2.79 bits per heavy atom. The fraction of sp³-hybridized carbons (Fsp3) is 0.250. The molecule has 0 bridgehead atoms. The summed E-state index contributed by atoms with van der Waals surface area (Å²) in [5.74, 6) is 0. The third-order valence-electron chi connectivity index (χ3n) is 2.81. The highest BCUT2D eigenvalue weighted by Crippen LogP contribution is 2.16. The number of anilines is 1. The third-order valence-corrected chi connectivity index (χ3v) is 4.22. The summed E-state index contributed by atoms with van der Waals surface area (Å²) in [6.07, 6.45) is 1.63. The van der Waals surface area contributed by atoms with Gasteiger partial charge in [-0.1, -0.05) is 6.07 Å². The number of aromatic nitrogens is 2. The minimum Gasteiger partial charge on any atom is -0.379 e. The quantitative estimate of drug-likeness (QED) is 0.769. The largest absolute Gasteiger partial charge is 0.379 e. The van der Waals surface area contributed by atoms with Gasteiger partial charge in [-0.05, 0) is 32.2 Å². The van der Waals surface area contributed by atoms with E-state index in [0.717, 1.165) is 17.1 Å². The maximum atomic E-state index is 11.7. The van der Waals surface area contributed by atoms with E-state index in [9.17, 15) is 8.42 Å². The van der Waals surface area contributed by atoms with Crippen LogP contribution in [0.3, 0.4) is 0 Å². The van der Waals surface area contributed by atoms with Crippen LogP contribution in [0.4, 0.5) is 5.69 Å². The van der Waals surface area contributed by atoms with Crippen LogP contribution in [0.25, 0.3) is 0 Å². The van der Waals surface area contributed by atoms with Crippen molar-refractivity contribution in [3.8, 4) is 0 Å². The summed E-state index contributed by atoms with van der Waals surface area (Å²) in [6.45, 7) is 2.48. The van der Waals surface area contributed by atoms with E-state index in [0.29, 0.717) is 6.54 Å². The molecule has 1 heterocycles. The molecule has 2 rings (SSSR count). The van der Waals surface area contributed by atoms with Crippen LogP contribution >= 0.6 is 0 Å². The fourth-order valence-corrected chi connectivity index (χ4v) is 2.42. The summed E-state index contributed by atoms with van der Waals surface area (Å²) < 4.78 is 25.7. The number of nitrogens with one attached hydrogen (secondary N) is 3. The minimum atomic E-state index is -3.41. The average Bonchev–Trinajstić information content (AvgIpc) is 2.82. The van der Waals surface area contributed by atoms with Crippen molar-refractivity contribution in [1.82, 2.24) is 14.7 Å². The van der Waals surface area contributed by atoms with Crippen molar-refractivity contribution in [3.05, 3.63) is 42.0 Å². The summed E-state index contributed by atoms with van der Waals surface area (Å²) in [5.41, 5.74) is 2.63. The van der Waals surface area contributed by atoms with E-state index in [4.69, 9.17) is 0 Å². The van der Waals surface area contributed by atoms with Gasteiger partial charge in [-0.3, -0.25) is 0 Å². The average molecular weight is 280 g/mol. The second-order valence-corrected chi connectivity index (χ2v) is 5.95. The first-order valence-corrected chi connectivity index (χ1v) is 7.27. The van der Waals surface area contributed by atoms with Crippen LogP contribution in [0.15, 0.2) is 35.5 Å². The van der Waals surface area contributed by atoms with Crippen molar-refractivity contribution in [2.24, 2.45) is 0 Å². The number of H-pyrrole nitrogens is 1. The first kappa shape index (κ1) is 13.6. The van der Waals surface area contributed by atoms with E-state index in [-0.39, 0.29) is 4.90 Å². The van der Waals surface area contributed by atoms with E-state index in [1.54, 1.807) is 24.5 Å². The van der Waals surface area contributed by atoms with E-state index in [2.05, 4.69) is 20.0 Å². The Hall–Kier alpha value is -1.86. The molecule has 3 N–H and O–H groups in total. The van der Waals surface area contributed by atoms with Gasteiger partial charge in [-0.2, -0.15) is 0 Å². The maximum Gasteiger partial charge on any atom is 0.240 e. The van der Waals surface area contributed by atoms with Gasteiger partial charge in [0.25, 0.3) is 0 Å². The molecule has 0 aliphatic rings. The summed E-state index contributed by atoms with van der Waals surface area (Å²) in [6, 6.07) is 6.66. The lowest BCUT2D eigenvalue weighted by atomic mass is 10.3. The Kier molecular flexibility index (Phi) is 3.87. The lowest BCUT2D eigenvalue weighted by molar-refractivity contribution is 0.588. The number of aromatic amines is 1. The fourth-order valence-electron chi connectivity index (χ4n) is 1.64. The number of benzene rings is 1. The van der Waals surface area contributed by atoms with E-state index in [1.165, 1.54) is 7.05 Å². The Labute approximate surface area is 112 Å². The third kappa shape index (κ3) is 3.12. The zero-order chi connectivity index (χ0) is 13.9. The molecule has 0 saturated heterocycles. The zero-order valence-corrected chi connectivity index (χ0v) is 11.6. The van der Waals surface area contributed by atoms with Gasteiger partial charge in [-0.25, -0.2) is 18.1 Å². The number of rotatable bonds is 5. The molecule has 7 heteroatoms. The molecule has 0 radical (unpaired) electrons. The number of aryl methyl sites for hydroxylation is 1. The number of imidazole rings is 1. The van der Waals surface area contributed by atoms with Gasteiger partial charge >= 0.3 is 0 Å². The standard InChI is InChI=1S/C12H16N4O2S/c1-9-12(16-8-15-9)7-14-10-4-3-5-11(6-10)19(17,18)13-2/h3-6,8,13-14H,7H2,1-2H3,(H,15,16). The van der Waals surface area contributed by atoms with E-state index in [1.807, 2.05) is 13.0 Å². The molecule has 19 heavy (non-hydrogen) atoms. The summed E-state index contributed by atoms with van der Waals surface area (Å²) >= 11 is 0. The predicted molar refractivity (Wildman–Crippen MR) is 73.3 cm³/mol. The molecule has 0 fully saturated rings. The lowest BCUT2D eigenvalue weighted by Crippen LogP contribution is -2.18. The van der Waals surface area contributed by atoms with Gasteiger partial charge in [-0.15, -0.1) is 0 Å². The summed E-state index contributed by atoms with van der Waals surface area (Å²) in [4.78, 5) is 7.40. The van der Waals surface area contributed by atoms with Crippen LogP contribution < -0.4 is 10.0 Å². The molecule has 1 aromatic carbocycles. The monoisotopic (exact) mass is 280 g/mol. The van der Waals surface area contributed by atoms with Crippen molar-refractivity contribution >= 4 is 15.7 Å². The van der Waals surface area contributed by atoms with Gasteiger partial charge in [0.1, 0.15) is 0 Å². The number of hydrogen-bond acceptors (Lipinski definition) is 4. The highest BCUT2D eigenvalue weighted by atomic mass is 32.2. The van der Waals surface area contributed by atoms with Crippen molar-refractivity contribution in [1.29, 1.82) is 0 Å². The first-order valence-electron chi connectivity index (χ1n) is 5.79. The Morgan fingerprint density at radius 1 is 1.37 bits per heavy atom. The van der Waals surface area contributed by atoms with Crippen molar-refractivity contribution in [3.63, 3.8) is 0 Å². The molecule has 0 aliphatic heterocycles. The Balaban J connectivity index is 2.14. The number of nitrogens with zero attached hydrogens (tertiary/aromatic N) is 1. The molecular weight excluding hydrogens is 264 g/mol. The molecule has 0 aliphatic carbocycles. The molecule has 0 atom stereocenters. The zero-order valence-electron chi connectivity index (χ0n) is 10.8. The Morgan fingerprint density at radius 2 is 2.16 bits per heavy atom. The SMILES string of the molecule is CNS(=O)(=O)c1cccc(NCc2nc[nH]c2C)c1.